The fourth-order valence-corrected chi connectivity index (χ4v) is 2.12. The summed E-state index contributed by atoms with van der Waals surface area (Å²) in [5, 5.41) is 5.46. The molecule has 0 spiro atoms. The van der Waals surface area contributed by atoms with Gasteiger partial charge in [-0.1, -0.05) is 31.5 Å². The van der Waals surface area contributed by atoms with Crippen LogP contribution in [0.15, 0.2) is 41.4 Å². The van der Waals surface area contributed by atoms with Gasteiger partial charge in [-0.25, -0.2) is 4.99 Å². The summed E-state index contributed by atoms with van der Waals surface area (Å²) in [5.74, 6) is 1.39. The minimum atomic E-state index is 0. The number of ether oxygens (including phenoxy) is 1. The van der Waals surface area contributed by atoms with Gasteiger partial charge in [0.2, 0.25) is 0 Å². The maximum Gasteiger partial charge on any atom is 0.188 e. The van der Waals surface area contributed by atoms with Crippen molar-refractivity contribution in [2.75, 3.05) is 13.7 Å². The third-order valence-electron chi connectivity index (χ3n) is 3.38. The maximum atomic E-state index is 5.84. The molecule has 3 N–H and O–H groups in total. The highest BCUT2D eigenvalue weighted by molar-refractivity contribution is 14.0. The third-order valence-corrected chi connectivity index (χ3v) is 3.38. The predicted octanol–water partition coefficient (Wildman–Crippen LogP) is 3.67. The number of nitrogens with zero attached hydrogens (tertiary/aromatic N) is 1. The number of nitrogens with one attached hydrogen (secondary N) is 1. The van der Waals surface area contributed by atoms with Crippen LogP contribution in [-0.4, -0.2) is 19.6 Å². The minimum Gasteiger partial charge on any atom is -0.497 e. The smallest absolute Gasteiger partial charge is 0.188 e. The van der Waals surface area contributed by atoms with Gasteiger partial charge in [-0.05, 0) is 41.0 Å². The topological polar surface area (TPSA) is 59.6 Å². The molecule has 4 nitrogen and oxygen atoms in total. The quantitative estimate of drug-likeness (QED) is 0.329. The highest BCUT2D eigenvalue weighted by Gasteiger charge is 1.99. The van der Waals surface area contributed by atoms with E-state index < -0.39 is 0 Å². The molecule has 0 aliphatic rings. The second-order valence-electron chi connectivity index (χ2n) is 5.03. The van der Waals surface area contributed by atoms with Crippen LogP contribution in [0.1, 0.15) is 25.3 Å². The predicted molar refractivity (Wildman–Crippen MR) is 104 cm³/mol. The molecule has 2 rings (SSSR count). The number of unbranched alkanes of at least 4 members (excludes halogenated alkanes) is 1. The van der Waals surface area contributed by atoms with E-state index in [2.05, 4.69) is 41.5 Å². The standard InChI is InChI=1S/C17H23N3O.HI/c1-3-4-9-19-17(18)20-12-13-5-6-15-11-16(21-2)8-7-14(15)10-13;/h5-8,10-11H,3-4,9,12H2,1-2H3,(H3,18,19,20);1H. The Balaban J connectivity index is 0.00000242. The summed E-state index contributed by atoms with van der Waals surface area (Å²) in [6, 6.07) is 12.4. The summed E-state index contributed by atoms with van der Waals surface area (Å²) < 4.78 is 5.23. The van der Waals surface area contributed by atoms with E-state index in [1.54, 1.807) is 7.11 Å². The molecule has 0 atom stereocenters. The van der Waals surface area contributed by atoms with Crippen molar-refractivity contribution in [2.45, 2.75) is 26.3 Å². The maximum absolute atomic E-state index is 5.84. The molecule has 0 radical (unpaired) electrons. The van der Waals surface area contributed by atoms with Crippen molar-refractivity contribution in [1.82, 2.24) is 5.32 Å². The number of benzene rings is 2. The number of halogens is 1. The van der Waals surface area contributed by atoms with Crippen LogP contribution in [0, 0.1) is 0 Å². The molecule has 120 valence electrons. The molecular formula is C17H24IN3O. The van der Waals surface area contributed by atoms with Crippen molar-refractivity contribution in [1.29, 1.82) is 0 Å². The van der Waals surface area contributed by atoms with E-state index in [1.807, 2.05) is 12.1 Å². The molecule has 22 heavy (non-hydrogen) atoms. The molecule has 0 saturated heterocycles. The molecule has 2 aromatic rings. The lowest BCUT2D eigenvalue weighted by molar-refractivity contribution is 0.415. The van der Waals surface area contributed by atoms with Crippen LogP contribution in [0.25, 0.3) is 10.8 Å². The number of hydrogen-bond acceptors (Lipinski definition) is 2. The Kier molecular flexibility index (Phi) is 8.01. The summed E-state index contributed by atoms with van der Waals surface area (Å²) in [6.45, 7) is 3.62. The van der Waals surface area contributed by atoms with Gasteiger partial charge in [-0.2, -0.15) is 0 Å². The average molecular weight is 413 g/mol. The first kappa shape index (κ1) is 18.5. The van der Waals surface area contributed by atoms with Crippen LogP contribution in [0.3, 0.4) is 0 Å². The Labute approximate surface area is 149 Å². The highest BCUT2D eigenvalue weighted by Crippen LogP contribution is 2.22. The van der Waals surface area contributed by atoms with Crippen LogP contribution in [0.4, 0.5) is 0 Å². The molecular weight excluding hydrogens is 389 g/mol. The molecule has 0 aromatic heterocycles. The summed E-state index contributed by atoms with van der Waals surface area (Å²) in [6.07, 6.45) is 2.25. The van der Waals surface area contributed by atoms with Gasteiger partial charge in [0.05, 0.1) is 13.7 Å². The Morgan fingerprint density at radius 3 is 2.64 bits per heavy atom. The number of nitrogens with two attached hydrogens (primary N) is 1. The number of methoxy groups -OCH3 is 1. The highest BCUT2D eigenvalue weighted by atomic mass is 127. The van der Waals surface area contributed by atoms with Crippen LogP contribution in [0.2, 0.25) is 0 Å². The van der Waals surface area contributed by atoms with E-state index in [4.69, 9.17) is 10.5 Å². The second kappa shape index (κ2) is 9.50. The Hall–Kier alpha value is -1.50. The first-order chi connectivity index (χ1) is 10.2. The number of fused-ring (bicyclic) bond motifs is 1. The first-order valence-electron chi connectivity index (χ1n) is 7.33. The van der Waals surface area contributed by atoms with Crippen molar-refractivity contribution in [2.24, 2.45) is 10.7 Å². The van der Waals surface area contributed by atoms with E-state index in [0.29, 0.717) is 12.5 Å². The van der Waals surface area contributed by atoms with Crippen molar-refractivity contribution >= 4 is 40.7 Å². The summed E-state index contributed by atoms with van der Waals surface area (Å²) >= 11 is 0. The Bertz CT molecular complexity index is 628. The van der Waals surface area contributed by atoms with E-state index in [-0.39, 0.29) is 24.0 Å². The average Bonchev–Trinajstić information content (AvgIpc) is 2.52. The SMILES string of the molecule is CCCCNC(N)=NCc1ccc2cc(OC)ccc2c1.I. The van der Waals surface area contributed by atoms with Gasteiger partial charge in [-0.3, -0.25) is 0 Å². The number of guanidine groups is 1. The molecule has 0 amide bonds. The zero-order chi connectivity index (χ0) is 15.1. The number of hydrogen-bond donors (Lipinski definition) is 2. The molecule has 0 heterocycles. The lowest BCUT2D eigenvalue weighted by atomic mass is 10.1. The van der Waals surface area contributed by atoms with Crippen LogP contribution >= 0.6 is 24.0 Å². The molecule has 0 bridgehead atoms. The normalized spacial score (nSPS) is 11.1. The lowest BCUT2D eigenvalue weighted by Crippen LogP contribution is -2.32. The van der Waals surface area contributed by atoms with Crippen LogP contribution in [0.5, 0.6) is 5.75 Å². The molecule has 0 aliphatic heterocycles. The van der Waals surface area contributed by atoms with E-state index >= 15 is 0 Å². The lowest BCUT2D eigenvalue weighted by Gasteiger charge is -2.06. The summed E-state index contributed by atoms with van der Waals surface area (Å²) in [5.41, 5.74) is 6.98. The van der Waals surface area contributed by atoms with Gasteiger partial charge in [0.1, 0.15) is 5.75 Å². The zero-order valence-corrected chi connectivity index (χ0v) is 15.5. The van der Waals surface area contributed by atoms with Gasteiger partial charge in [0, 0.05) is 6.54 Å². The molecule has 0 aliphatic carbocycles. The summed E-state index contributed by atoms with van der Waals surface area (Å²) in [7, 11) is 1.68. The fourth-order valence-electron chi connectivity index (χ4n) is 2.12. The van der Waals surface area contributed by atoms with Crippen molar-refractivity contribution < 1.29 is 4.74 Å². The van der Waals surface area contributed by atoms with Gasteiger partial charge in [-0.15, -0.1) is 24.0 Å². The molecule has 5 heteroatoms. The Morgan fingerprint density at radius 2 is 1.91 bits per heavy atom. The van der Waals surface area contributed by atoms with Crippen molar-refractivity contribution in [3.8, 4) is 5.75 Å². The number of aliphatic imine (C=N–C) groups is 1. The van der Waals surface area contributed by atoms with Crippen LogP contribution < -0.4 is 15.8 Å². The van der Waals surface area contributed by atoms with Crippen molar-refractivity contribution in [3.05, 3.63) is 42.0 Å². The zero-order valence-electron chi connectivity index (χ0n) is 13.1. The second-order valence-corrected chi connectivity index (χ2v) is 5.03. The fraction of sp³-hybridized carbons (Fsp3) is 0.353. The van der Waals surface area contributed by atoms with E-state index in [9.17, 15) is 0 Å². The van der Waals surface area contributed by atoms with E-state index in [0.717, 1.165) is 36.1 Å². The van der Waals surface area contributed by atoms with Gasteiger partial charge >= 0.3 is 0 Å². The number of rotatable bonds is 6. The molecule has 2 aromatic carbocycles. The first-order valence-corrected chi connectivity index (χ1v) is 7.33. The van der Waals surface area contributed by atoms with Gasteiger partial charge in [0.15, 0.2) is 5.96 Å². The van der Waals surface area contributed by atoms with E-state index in [1.165, 1.54) is 5.39 Å². The largest absolute Gasteiger partial charge is 0.497 e. The van der Waals surface area contributed by atoms with Crippen molar-refractivity contribution in [3.63, 3.8) is 0 Å². The summed E-state index contributed by atoms with van der Waals surface area (Å²) in [4.78, 5) is 4.37. The minimum absolute atomic E-state index is 0. The third kappa shape index (κ3) is 5.36. The molecule has 0 fully saturated rings. The monoisotopic (exact) mass is 413 g/mol. The molecule has 0 saturated carbocycles. The van der Waals surface area contributed by atoms with Crippen LogP contribution in [-0.2, 0) is 6.54 Å². The molecule has 0 unspecified atom stereocenters. The van der Waals surface area contributed by atoms with Gasteiger partial charge in [0.25, 0.3) is 0 Å². The van der Waals surface area contributed by atoms with Gasteiger partial charge < -0.3 is 15.8 Å². The Morgan fingerprint density at radius 1 is 1.18 bits per heavy atom.